The van der Waals surface area contributed by atoms with Crippen LogP contribution in [0.1, 0.15) is 23.0 Å². The van der Waals surface area contributed by atoms with Crippen LogP contribution in [0, 0.1) is 5.82 Å². The summed E-state index contributed by atoms with van der Waals surface area (Å²) < 4.78 is 13.7. The molecule has 0 saturated carbocycles. The third-order valence-corrected chi connectivity index (χ3v) is 3.95. The molecule has 0 saturated heterocycles. The molecule has 0 aliphatic carbocycles. The van der Waals surface area contributed by atoms with Crippen LogP contribution in [0.2, 0.25) is 15.2 Å². The van der Waals surface area contributed by atoms with Gasteiger partial charge in [0, 0.05) is 5.56 Å². The number of halogens is 4. The number of hydrogen-bond donors (Lipinski definition) is 2. The Kier molecular flexibility index (Phi) is 5.41. The van der Waals surface area contributed by atoms with Gasteiger partial charge in [0.2, 0.25) is 0 Å². The number of benzene rings is 1. The van der Waals surface area contributed by atoms with Gasteiger partial charge in [-0.2, -0.15) is 5.10 Å². The van der Waals surface area contributed by atoms with Crippen LogP contribution in [0.15, 0.2) is 29.4 Å². The lowest BCUT2D eigenvalue weighted by atomic mass is 10.1. The molecule has 120 valence electrons. The van der Waals surface area contributed by atoms with Gasteiger partial charge in [0.15, 0.2) is 10.8 Å². The van der Waals surface area contributed by atoms with Gasteiger partial charge in [-0.1, -0.05) is 53.0 Å². The number of carboxylic acids is 1. The molecule has 9 heteroatoms. The first-order chi connectivity index (χ1) is 10.8. The molecule has 0 aliphatic heterocycles. The SMILES string of the molecule is C/C(=N/Nc1c(Cl)c(Cl)nc(C(=O)O)c1Cl)c1ccccc1F. The molecule has 1 aromatic carbocycles. The quantitative estimate of drug-likeness (QED) is 0.460. The third-order valence-electron chi connectivity index (χ3n) is 2.84. The molecular formula is C14H9Cl3FN3O2. The van der Waals surface area contributed by atoms with Gasteiger partial charge in [-0.15, -0.1) is 0 Å². The number of hydrazone groups is 1. The van der Waals surface area contributed by atoms with Crippen LogP contribution in [0.25, 0.3) is 0 Å². The zero-order valence-electron chi connectivity index (χ0n) is 11.6. The molecule has 0 bridgehead atoms. The minimum absolute atomic E-state index is 0.0265. The van der Waals surface area contributed by atoms with E-state index in [1.54, 1.807) is 25.1 Å². The molecule has 1 heterocycles. The average molecular weight is 377 g/mol. The van der Waals surface area contributed by atoms with Crippen molar-refractivity contribution < 1.29 is 14.3 Å². The maximum atomic E-state index is 13.7. The van der Waals surface area contributed by atoms with E-state index in [1.807, 2.05) is 0 Å². The Morgan fingerprint density at radius 2 is 1.91 bits per heavy atom. The largest absolute Gasteiger partial charge is 0.476 e. The van der Waals surface area contributed by atoms with Crippen molar-refractivity contribution in [3.8, 4) is 0 Å². The first kappa shape index (κ1) is 17.5. The molecule has 0 unspecified atom stereocenters. The number of hydrogen-bond acceptors (Lipinski definition) is 4. The number of anilines is 1. The predicted octanol–water partition coefficient (Wildman–Crippen LogP) is 4.72. The van der Waals surface area contributed by atoms with Gasteiger partial charge in [-0.05, 0) is 13.0 Å². The lowest BCUT2D eigenvalue weighted by Gasteiger charge is -2.10. The first-order valence-electron chi connectivity index (χ1n) is 6.16. The van der Waals surface area contributed by atoms with Crippen molar-refractivity contribution in [3.63, 3.8) is 0 Å². The van der Waals surface area contributed by atoms with Crippen LogP contribution >= 0.6 is 34.8 Å². The maximum absolute atomic E-state index is 13.7. The number of pyridine rings is 1. The summed E-state index contributed by atoms with van der Waals surface area (Å²) in [6.45, 7) is 1.56. The van der Waals surface area contributed by atoms with E-state index >= 15 is 0 Å². The molecule has 0 aliphatic rings. The summed E-state index contributed by atoms with van der Waals surface area (Å²) in [6, 6.07) is 6.04. The van der Waals surface area contributed by atoms with Crippen LogP contribution in [0.4, 0.5) is 10.1 Å². The van der Waals surface area contributed by atoms with E-state index in [0.29, 0.717) is 5.71 Å². The Morgan fingerprint density at radius 1 is 1.26 bits per heavy atom. The van der Waals surface area contributed by atoms with Gasteiger partial charge in [0.1, 0.15) is 15.9 Å². The van der Waals surface area contributed by atoms with Crippen molar-refractivity contribution in [3.05, 3.63) is 56.5 Å². The van der Waals surface area contributed by atoms with Crippen LogP contribution < -0.4 is 5.43 Å². The van der Waals surface area contributed by atoms with Gasteiger partial charge in [0.25, 0.3) is 0 Å². The summed E-state index contributed by atoms with van der Waals surface area (Å²) in [5, 5.41) is 12.4. The molecule has 0 fully saturated rings. The van der Waals surface area contributed by atoms with E-state index in [1.165, 1.54) is 6.07 Å². The van der Waals surface area contributed by atoms with Crippen molar-refractivity contribution in [2.24, 2.45) is 5.10 Å². The Morgan fingerprint density at radius 3 is 2.52 bits per heavy atom. The van der Waals surface area contributed by atoms with Gasteiger partial charge >= 0.3 is 5.97 Å². The smallest absolute Gasteiger partial charge is 0.356 e. The molecular weight excluding hydrogens is 368 g/mol. The minimum atomic E-state index is -1.37. The van der Waals surface area contributed by atoms with E-state index in [4.69, 9.17) is 39.9 Å². The number of carboxylic acid groups (broad SMARTS) is 1. The number of aromatic carboxylic acids is 1. The number of carbonyl (C=O) groups is 1. The molecule has 0 spiro atoms. The monoisotopic (exact) mass is 375 g/mol. The third kappa shape index (κ3) is 3.72. The second-order valence-electron chi connectivity index (χ2n) is 4.35. The molecule has 0 amide bonds. The summed E-state index contributed by atoms with van der Waals surface area (Å²) in [7, 11) is 0. The molecule has 2 N–H and O–H groups in total. The lowest BCUT2D eigenvalue weighted by molar-refractivity contribution is 0.0691. The fourth-order valence-electron chi connectivity index (χ4n) is 1.71. The highest BCUT2D eigenvalue weighted by Gasteiger charge is 2.20. The number of nitrogens with zero attached hydrogens (tertiary/aromatic N) is 2. The molecule has 2 aromatic rings. The Labute approximate surface area is 145 Å². The van der Waals surface area contributed by atoms with Gasteiger partial charge < -0.3 is 5.11 Å². The predicted molar refractivity (Wildman–Crippen MR) is 88.5 cm³/mol. The maximum Gasteiger partial charge on any atom is 0.356 e. The van der Waals surface area contributed by atoms with Crippen molar-refractivity contribution in [1.29, 1.82) is 0 Å². The van der Waals surface area contributed by atoms with Gasteiger partial charge in [-0.3, -0.25) is 5.43 Å². The zero-order chi connectivity index (χ0) is 17.1. The van der Waals surface area contributed by atoms with Crippen molar-refractivity contribution in [2.45, 2.75) is 6.92 Å². The van der Waals surface area contributed by atoms with Crippen LogP contribution in [0.3, 0.4) is 0 Å². The van der Waals surface area contributed by atoms with Gasteiger partial charge in [-0.25, -0.2) is 14.2 Å². The molecule has 2 rings (SSSR count). The second kappa shape index (κ2) is 7.12. The summed E-state index contributed by atoms with van der Waals surface area (Å²) in [5.74, 6) is -1.82. The van der Waals surface area contributed by atoms with Crippen LogP contribution in [-0.2, 0) is 0 Å². The second-order valence-corrected chi connectivity index (χ2v) is 5.46. The molecule has 1 aromatic heterocycles. The molecule has 0 radical (unpaired) electrons. The highest BCUT2D eigenvalue weighted by Crippen LogP contribution is 2.36. The average Bonchev–Trinajstić information content (AvgIpc) is 2.50. The van der Waals surface area contributed by atoms with Crippen LogP contribution in [-0.4, -0.2) is 21.8 Å². The number of rotatable bonds is 4. The first-order valence-corrected chi connectivity index (χ1v) is 7.29. The van der Waals surface area contributed by atoms with E-state index in [-0.39, 0.29) is 26.4 Å². The number of aromatic nitrogens is 1. The Balaban J connectivity index is 2.43. The van der Waals surface area contributed by atoms with E-state index < -0.39 is 17.5 Å². The Hall–Kier alpha value is -1.89. The standard InChI is InChI=1S/C14H9Cl3FN3O2/c1-6(7-4-2-3-5-8(7)18)20-21-11-9(15)12(14(22)23)19-13(17)10(11)16/h2-5H,1H3,(H,19,21)(H,22,23)/b20-6-. The van der Waals surface area contributed by atoms with Crippen molar-refractivity contribution in [1.82, 2.24) is 4.98 Å². The normalized spacial score (nSPS) is 11.4. The van der Waals surface area contributed by atoms with Crippen LogP contribution in [0.5, 0.6) is 0 Å². The Bertz CT molecular complexity index is 812. The molecule has 5 nitrogen and oxygen atoms in total. The summed E-state index contributed by atoms with van der Waals surface area (Å²) in [5.41, 5.74) is 2.59. The van der Waals surface area contributed by atoms with E-state index in [2.05, 4.69) is 15.5 Å². The topological polar surface area (TPSA) is 74.6 Å². The summed E-state index contributed by atoms with van der Waals surface area (Å²) in [4.78, 5) is 14.7. The van der Waals surface area contributed by atoms with Crippen molar-refractivity contribution >= 4 is 52.2 Å². The molecule has 23 heavy (non-hydrogen) atoms. The zero-order valence-corrected chi connectivity index (χ0v) is 13.8. The fraction of sp³-hybridized carbons (Fsp3) is 0.0714. The van der Waals surface area contributed by atoms with E-state index in [9.17, 15) is 9.18 Å². The van der Waals surface area contributed by atoms with Gasteiger partial charge in [0.05, 0.1) is 11.4 Å². The fourth-order valence-corrected chi connectivity index (χ4v) is 2.37. The molecule has 0 atom stereocenters. The van der Waals surface area contributed by atoms with E-state index in [0.717, 1.165) is 0 Å². The highest BCUT2D eigenvalue weighted by molar-refractivity contribution is 6.46. The minimum Gasteiger partial charge on any atom is -0.476 e. The lowest BCUT2D eigenvalue weighted by Crippen LogP contribution is -2.07. The highest BCUT2D eigenvalue weighted by atomic mass is 35.5. The summed E-state index contributed by atoms with van der Waals surface area (Å²) >= 11 is 17.7. The number of nitrogens with one attached hydrogen (secondary N) is 1. The van der Waals surface area contributed by atoms with Crippen molar-refractivity contribution in [2.75, 3.05) is 5.43 Å². The summed E-state index contributed by atoms with van der Waals surface area (Å²) in [6.07, 6.45) is 0.